The fourth-order valence-corrected chi connectivity index (χ4v) is 4.02. The first-order valence-corrected chi connectivity index (χ1v) is 10.3. The Morgan fingerprint density at radius 1 is 1.00 bits per heavy atom. The third kappa shape index (κ3) is 4.19. The van der Waals surface area contributed by atoms with E-state index in [1.54, 1.807) is 6.08 Å². The maximum atomic E-state index is 10.8. The zero-order valence-corrected chi connectivity index (χ0v) is 17.6. The van der Waals surface area contributed by atoms with Gasteiger partial charge in [0.05, 0.1) is 11.7 Å². The number of carboxylic acid groups (broad SMARTS) is 1. The van der Waals surface area contributed by atoms with Crippen molar-refractivity contribution in [1.29, 1.82) is 0 Å². The third-order valence-electron chi connectivity index (χ3n) is 5.50. The average Bonchev–Trinajstić information content (AvgIpc) is 3.26. The Labute approximate surface area is 181 Å². The van der Waals surface area contributed by atoms with Crippen LogP contribution in [0.4, 0.5) is 0 Å². The molecule has 0 amide bonds. The molecule has 4 heteroatoms. The Bertz CT molecular complexity index is 1290. The molecule has 4 nitrogen and oxygen atoms in total. The molecule has 0 unspecified atom stereocenters. The van der Waals surface area contributed by atoms with Crippen LogP contribution in [0, 0.1) is 6.92 Å². The molecule has 1 aromatic heterocycles. The number of rotatable bonds is 6. The number of carbonyl (C=O) groups is 1. The van der Waals surface area contributed by atoms with E-state index in [1.807, 2.05) is 30.5 Å². The number of fused-ring (bicyclic) bond motifs is 1. The lowest BCUT2D eigenvalue weighted by Gasteiger charge is -2.18. The lowest BCUT2D eigenvalue weighted by molar-refractivity contribution is -0.131. The van der Waals surface area contributed by atoms with Gasteiger partial charge in [-0.25, -0.2) is 4.79 Å². The number of aryl methyl sites for hydroxylation is 1. The van der Waals surface area contributed by atoms with Gasteiger partial charge in [-0.3, -0.25) is 5.10 Å². The first-order chi connectivity index (χ1) is 15.1. The van der Waals surface area contributed by atoms with E-state index in [2.05, 4.69) is 66.5 Å². The molecule has 1 heterocycles. The average molecular weight is 409 g/mol. The van der Waals surface area contributed by atoms with Gasteiger partial charge >= 0.3 is 5.97 Å². The molecule has 154 valence electrons. The van der Waals surface area contributed by atoms with Gasteiger partial charge in [0, 0.05) is 11.5 Å². The summed E-state index contributed by atoms with van der Waals surface area (Å²) in [5.74, 6) is -0.955. The standard InChI is InChI=1S/C27H24N2O2/c1-3-21(22-8-5-4-7-18(22)2)27(23-9-6-10-25-24(23)17-28-29-25)20-14-11-19(12-15-20)13-16-26(30)31/h4-17H,3H2,1-2H3,(H,28,29)(H,30,31). The van der Waals surface area contributed by atoms with Gasteiger partial charge in [0.1, 0.15) is 0 Å². The Hall–Kier alpha value is -3.92. The van der Waals surface area contributed by atoms with Crippen molar-refractivity contribution in [3.8, 4) is 0 Å². The van der Waals surface area contributed by atoms with Crippen LogP contribution in [-0.4, -0.2) is 21.3 Å². The van der Waals surface area contributed by atoms with Crippen LogP contribution in [0.1, 0.15) is 41.2 Å². The molecule has 2 N–H and O–H groups in total. The van der Waals surface area contributed by atoms with Crippen LogP contribution in [0.5, 0.6) is 0 Å². The number of allylic oxidation sites excluding steroid dienone is 1. The number of hydrogen-bond donors (Lipinski definition) is 2. The molecule has 0 saturated heterocycles. The predicted octanol–water partition coefficient (Wildman–Crippen LogP) is 6.34. The first-order valence-electron chi connectivity index (χ1n) is 10.3. The molecule has 0 fully saturated rings. The van der Waals surface area contributed by atoms with Crippen molar-refractivity contribution >= 4 is 34.1 Å². The molecule has 0 atom stereocenters. The lowest BCUT2D eigenvalue weighted by atomic mass is 9.85. The molecule has 31 heavy (non-hydrogen) atoms. The molecule has 0 aliphatic carbocycles. The number of hydrogen-bond acceptors (Lipinski definition) is 2. The Morgan fingerprint density at radius 2 is 1.74 bits per heavy atom. The molecule has 0 aliphatic rings. The van der Waals surface area contributed by atoms with Crippen molar-refractivity contribution in [3.05, 3.63) is 107 Å². The molecule has 0 radical (unpaired) electrons. The van der Waals surface area contributed by atoms with Crippen molar-refractivity contribution in [2.45, 2.75) is 20.3 Å². The van der Waals surface area contributed by atoms with Crippen LogP contribution in [0.15, 0.2) is 79.0 Å². The Balaban J connectivity index is 1.97. The summed E-state index contributed by atoms with van der Waals surface area (Å²) in [4.78, 5) is 10.8. The van der Waals surface area contributed by atoms with Crippen LogP contribution >= 0.6 is 0 Å². The van der Waals surface area contributed by atoms with Gasteiger partial charge in [-0.2, -0.15) is 5.10 Å². The van der Waals surface area contributed by atoms with E-state index in [9.17, 15) is 4.79 Å². The Kier molecular flexibility index (Phi) is 5.80. The number of nitrogens with one attached hydrogen (secondary N) is 1. The van der Waals surface area contributed by atoms with Gasteiger partial charge in [0.25, 0.3) is 0 Å². The summed E-state index contributed by atoms with van der Waals surface area (Å²) in [5.41, 5.74) is 8.95. The van der Waals surface area contributed by atoms with Crippen LogP contribution in [0.3, 0.4) is 0 Å². The minimum absolute atomic E-state index is 0.848. The first kappa shape index (κ1) is 20.4. The van der Waals surface area contributed by atoms with Crippen LogP contribution in [-0.2, 0) is 4.79 Å². The SMILES string of the molecule is CCC(=C(c1ccc(C=CC(=O)O)cc1)c1cccc2[nH]ncc12)c1ccccc1C. The van der Waals surface area contributed by atoms with E-state index in [-0.39, 0.29) is 0 Å². The molecule has 0 saturated carbocycles. The second-order valence-corrected chi connectivity index (χ2v) is 7.45. The molecule has 0 spiro atoms. The van der Waals surface area contributed by atoms with Gasteiger partial charge in [0.15, 0.2) is 0 Å². The van der Waals surface area contributed by atoms with Gasteiger partial charge in [-0.05, 0) is 64.5 Å². The highest BCUT2D eigenvalue weighted by molar-refractivity contribution is 6.06. The molecule has 0 bridgehead atoms. The van der Waals surface area contributed by atoms with Gasteiger partial charge < -0.3 is 5.11 Å². The number of carboxylic acids is 1. The van der Waals surface area contributed by atoms with Gasteiger partial charge in [-0.15, -0.1) is 0 Å². The fourth-order valence-electron chi connectivity index (χ4n) is 4.02. The second kappa shape index (κ2) is 8.84. The number of H-pyrrole nitrogens is 1. The topological polar surface area (TPSA) is 66.0 Å². The third-order valence-corrected chi connectivity index (χ3v) is 5.50. The normalized spacial score (nSPS) is 12.3. The molecule has 0 aliphatic heterocycles. The van der Waals surface area contributed by atoms with E-state index in [4.69, 9.17) is 5.11 Å². The molecule has 4 rings (SSSR count). The zero-order chi connectivity index (χ0) is 21.8. The zero-order valence-electron chi connectivity index (χ0n) is 17.6. The number of aromatic amines is 1. The minimum Gasteiger partial charge on any atom is -0.478 e. The van der Waals surface area contributed by atoms with Gasteiger partial charge in [0.2, 0.25) is 0 Å². The van der Waals surface area contributed by atoms with Crippen molar-refractivity contribution in [1.82, 2.24) is 10.2 Å². The van der Waals surface area contributed by atoms with Crippen LogP contribution in [0.2, 0.25) is 0 Å². The number of aliphatic carboxylic acids is 1. The number of benzene rings is 3. The predicted molar refractivity (Wildman–Crippen MR) is 127 cm³/mol. The van der Waals surface area contributed by atoms with Crippen LogP contribution < -0.4 is 0 Å². The van der Waals surface area contributed by atoms with Gasteiger partial charge in [-0.1, -0.05) is 67.6 Å². The Morgan fingerprint density at radius 3 is 2.45 bits per heavy atom. The smallest absolute Gasteiger partial charge is 0.328 e. The molecule has 4 aromatic rings. The highest BCUT2D eigenvalue weighted by Crippen LogP contribution is 2.38. The highest BCUT2D eigenvalue weighted by Gasteiger charge is 2.17. The van der Waals surface area contributed by atoms with Crippen molar-refractivity contribution in [2.24, 2.45) is 0 Å². The monoisotopic (exact) mass is 408 g/mol. The minimum atomic E-state index is -0.955. The van der Waals surface area contributed by atoms with Crippen molar-refractivity contribution in [3.63, 3.8) is 0 Å². The highest BCUT2D eigenvalue weighted by atomic mass is 16.4. The van der Waals surface area contributed by atoms with E-state index in [0.717, 1.165) is 45.7 Å². The maximum absolute atomic E-state index is 10.8. The quantitative estimate of drug-likeness (QED) is 0.289. The van der Waals surface area contributed by atoms with E-state index < -0.39 is 5.97 Å². The summed E-state index contributed by atoms with van der Waals surface area (Å²) in [6.07, 6.45) is 5.51. The fraction of sp³-hybridized carbons (Fsp3) is 0.111. The maximum Gasteiger partial charge on any atom is 0.328 e. The van der Waals surface area contributed by atoms with E-state index in [0.29, 0.717) is 0 Å². The molecular formula is C27H24N2O2. The number of nitrogens with zero attached hydrogens (tertiary/aromatic N) is 1. The summed E-state index contributed by atoms with van der Waals surface area (Å²) in [6, 6.07) is 22.7. The van der Waals surface area contributed by atoms with E-state index in [1.165, 1.54) is 16.7 Å². The van der Waals surface area contributed by atoms with Crippen LogP contribution in [0.25, 0.3) is 28.1 Å². The summed E-state index contributed by atoms with van der Waals surface area (Å²) in [6.45, 7) is 4.32. The summed E-state index contributed by atoms with van der Waals surface area (Å²) >= 11 is 0. The second-order valence-electron chi connectivity index (χ2n) is 7.45. The largest absolute Gasteiger partial charge is 0.478 e. The number of aromatic nitrogens is 2. The summed E-state index contributed by atoms with van der Waals surface area (Å²) in [7, 11) is 0. The molecule has 3 aromatic carbocycles. The van der Waals surface area contributed by atoms with Crippen molar-refractivity contribution in [2.75, 3.05) is 0 Å². The lowest BCUT2D eigenvalue weighted by Crippen LogP contribution is -1.97. The van der Waals surface area contributed by atoms with E-state index >= 15 is 0 Å². The van der Waals surface area contributed by atoms with Crippen molar-refractivity contribution < 1.29 is 9.90 Å². The molecular weight excluding hydrogens is 384 g/mol. The summed E-state index contributed by atoms with van der Waals surface area (Å²) in [5, 5.41) is 17.3. The summed E-state index contributed by atoms with van der Waals surface area (Å²) < 4.78 is 0.